The second-order valence-electron chi connectivity index (χ2n) is 6.30. The second kappa shape index (κ2) is 6.43. The van der Waals surface area contributed by atoms with Crippen LogP contribution in [0.3, 0.4) is 0 Å². The number of benzene rings is 1. The predicted octanol–water partition coefficient (Wildman–Crippen LogP) is 2.58. The maximum Gasteiger partial charge on any atom is 0.449 e. The fourth-order valence-corrected chi connectivity index (χ4v) is 2.13. The summed E-state index contributed by atoms with van der Waals surface area (Å²) in [6, 6.07) is 6.11. The third-order valence-electron chi connectivity index (χ3n) is 4.10. The van der Waals surface area contributed by atoms with Crippen LogP contribution in [0.1, 0.15) is 26.6 Å². The van der Waals surface area contributed by atoms with Crippen molar-refractivity contribution in [2.24, 2.45) is 5.92 Å². The molecular formula is C16H20F3N3O2. The fraction of sp³-hybridized carbons (Fsp3) is 0.500. The molecule has 0 bridgehead atoms. The molecule has 0 saturated heterocycles. The number of para-hydroxylation sites is 2. The van der Waals surface area contributed by atoms with E-state index in [0.29, 0.717) is 0 Å². The highest BCUT2D eigenvalue weighted by Crippen LogP contribution is 2.31. The van der Waals surface area contributed by atoms with Gasteiger partial charge in [0.25, 0.3) is 0 Å². The molecule has 1 unspecified atom stereocenters. The molecule has 0 aliphatic rings. The molecule has 1 aromatic carbocycles. The number of nitrogens with one attached hydrogen (secondary N) is 1. The van der Waals surface area contributed by atoms with E-state index in [4.69, 9.17) is 0 Å². The molecule has 1 amide bonds. The Labute approximate surface area is 137 Å². The zero-order valence-electron chi connectivity index (χ0n) is 13.7. The molecule has 1 atom stereocenters. The van der Waals surface area contributed by atoms with Gasteiger partial charge < -0.3 is 15.0 Å². The first-order valence-electron chi connectivity index (χ1n) is 7.54. The summed E-state index contributed by atoms with van der Waals surface area (Å²) < 4.78 is 40.3. The quantitative estimate of drug-likeness (QED) is 0.877. The van der Waals surface area contributed by atoms with Crippen LogP contribution in [0.25, 0.3) is 11.0 Å². The number of alkyl halides is 3. The second-order valence-corrected chi connectivity index (χ2v) is 6.30. The van der Waals surface area contributed by atoms with E-state index in [0.717, 1.165) is 4.57 Å². The summed E-state index contributed by atoms with van der Waals surface area (Å²) in [7, 11) is 0. The topological polar surface area (TPSA) is 67.2 Å². The zero-order valence-corrected chi connectivity index (χ0v) is 13.7. The van der Waals surface area contributed by atoms with Crippen molar-refractivity contribution in [2.45, 2.75) is 39.1 Å². The van der Waals surface area contributed by atoms with E-state index in [1.807, 2.05) is 0 Å². The number of fused-ring (bicyclic) bond motifs is 1. The Morgan fingerprint density at radius 2 is 1.96 bits per heavy atom. The van der Waals surface area contributed by atoms with Gasteiger partial charge >= 0.3 is 6.18 Å². The molecule has 2 N–H and O–H groups in total. The van der Waals surface area contributed by atoms with Crippen molar-refractivity contribution in [3.8, 4) is 0 Å². The van der Waals surface area contributed by atoms with Crippen LogP contribution < -0.4 is 5.32 Å². The number of aliphatic hydroxyl groups is 1. The standard InChI is InChI=1S/C16H20F3N3O2/c1-10(2)15(3,24)9-20-13(23)8-22-12-7-5-4-6-11(12)21-14(22)16(17,18)19/h4-7,10,24H,8-9H2,1-3H3,(H,20,23). The lowest BCUT2D eigenvalue weighted by Gasteiger charge is -2.27. The van der Waals surface area contributed by atoms with Gasteiger partial charge in [0.05, 0.1) is 16.6 Å². The largest absolute Gasteiger partial charge is 0.449 e. The van der Waals surface area contributed by atoms with Gasteiger partial charge in [-0.15, -0.1) is 0 Å². The zero-order chi connectivity index (χ0) is 18.1. The van der Waals surface area contributed by atoms with Gasteiger partial charge in [0, 0.05) is 6.54 Å². The van der Waals surface area contributed by atoms with Crippen LogP contribution in [-0.2, 0) is 17.5 Å². The summed E-state index contributed by atoms with van der Waals surface area (Å²) in [5.41, 5.74) is -0.734. The van der Waals surface area contributed by atoms with Crippen LogP contribution in [0.5, 0.6) is 0 Å². The van der Waals surface area contributed by atoms with Gasteiger partial charge in [-0.05, 0) is 25.0 Å². The fourth-order valence-electron chi connectivity index (χ4n) is 2.13. The Hall–Kier alpha value is -2.09. The molecule has 24 heavy (non-hydrogen) atoms. The van der Waals surface area contributed by atoms with Gasteiger partial charge in [0.2, 0.25) is 11.7 Å². The molecular weight excluding hydrogens is 323 g/mol. The summed E-state index contributed by atoms with van der Waals surface area (Å²) in [4.78, 5) is 15.6. The van der Waals surface area contributed by atoms with Gasteiger partial charge in [0.15, 0.2) is 0 Å². The minimum atomic E-state index is -4.66. The third-order valence-corrected chi connectivity index (χ3v) is 4.10. The lowest BCUT2D eigenvalue weighted by atomic mass is 9.92. The monoisotopic (exact) mass is 343 g/mol. The van der Waals surface area contributed by atoms with E-state index >= 15 is 0 Å². The first-order valence-corrected chi connectivity index (χ1v) is 7.54. The third kappa shape index (κ3) is 3.87. The van der Waals surface area contributed by atoms with Crippen LogP contribution >= 0.6 is 0 Å². The molecule has 1 heterocycles. The van der Waals surface area contributed by atoms with Crippen molar-refractivity contribution in [3.63, 3.8) is 0 Å². The number of halogens is 3. The molecule has 2 rings (SSSR count). The average Bonchev–Trinajstić information content (AvgIpc) is 2.84. The summed E-state index contributed by atoms with van der Waals surface area (Å²) in [6.07, 6.45) is -4.66. The highest BCUT2D eigenvalue weighted by atomic mass is 19.4. The molecule has 132 valence electrons. The number of carbonyl (C=O) groups excluding carboxylic acids is 1. The van der Waals surface area contributed by atoms with E-state index in [-0.39, 0.29) is 23.5 Å². The Kier molecular flexibility index (Phi) is 4.89. The number of imidazole rings is 1. The molecule has 1 aromatic heterocycles. The smallest absolute Gasteiger partial charge is 0.388 e. The Bertz CT molecular complexity index is 736. The summed E-state index contributed by atoms with van der Waals surface area (Å²) in [6.45, 7) is 4.57. The normalized spacial score (nSPS) is 14.8. The van der Waals surface area contributed by atoms with Crippen LogP contribution in [0, 0.1) is 5.92 Å². The molecule has 2 aromatic rings. The molecule has 0 fully saturated rings. The summed E-state index contributed by atoms with van der Waals surface area (Å²) >= 11 is 0. The number of amides is 1. The predicted molar refractivity (Wildman–Crippen MR) is 83.2 cm³/mol. The van der Waals surface area contributed by atoms with Gasteiger partial charge in [-0.2, -0.15) is 13.2 Å². The Morgan fingerprint density at radius 1 is 1.33 bits per heavy atom. The number of carbonyl (C=O) groups is 1. The van der Waals surface area contributed by atoms with Crippen molar-refractivity contribution in [1.29, 1.82) is 0 Å². The molecule has 0 aliphatic carbocycles. The van der Waals surface area contributed by atoms with Crippen molar-refractivity contribution < 1.29 is 23.1 Å². The van der Waals surface area contributed by atoms with E-state index in [9.17, 15) is 23.1 Å². The number of hydrogen-bond acceptors (Lipinski definition) is 3. The number of aromatic nitrogens is 2. The molecule has 8 heteroatoms. The van der Waals surface area contributed by atoms with E-state index in [2.05, 4.69) is 10.3 Å². The maximum absolute atomic E-state index is 13.2. The van der Waals surface area contributed by atoms with Crippen LogP contribution in [-0.4, -0.2) is 32.7 Å². The van der Waals surface area contributed by atoms with Crippen molar-refractivity contribution in [1.82, 2.24) is 14.9 Å². The lowest BCUT2D eigenvalue weighted by molar-refractivity contribution is -0.147. The molecule has 0 saturated carbocycles. The lowest BCUT2D eigenvalue weighted by Crippen LogP contribution is -2.45. The van der Waals surface area contributed by atoms with E-state index < -0.39 is 30.1 Å². The van der Waals surface area contributed by atoms with Gasteiger partial charge in [-0.1, -0.05) is 26.0 Å². The van der Waals surface area contributed by atoms with Crippen molar-refractivity contribution >= 4 is 16.9 Å². The SMILES string of the molecule is CC(C)C(C)(O)CNC(=O)Cn1c(C(F)(F)F)nc2ccccc21. The Morgan fingerprint density at radius 3 is 2.54 bits per heavy atom. The molecule has 0 aliphatic heterocycles. The Balaban J connectivity index is 2.24. The maximum atomic E-state index is 13.2. The van der Waals surface area contributed by atoms with Gasteiger partial charge in [0.1, 0.15) is 6.54 Å². The average molecular weight is 343 g/mol. The summed E-state index contributed by atoms with van der Waals surface area (Å²) in [5, 5.41) is 12.6. The van der Waals surface area contributed by atoms with Gasteiger partial charge in [-0.3, -0.25) is 4.79 Å². The first-order chi connectivity index (χ1) is 11.0. The minimum absolute atomic E-state index is 0.0442. The van der Waals surface area contributed by atoms with E-state index in [1.54, 1.807) is 32.9 Å². The van der Waals surface area contributed by atoms with E-state index in [1.165, 1.54) is 12.1 Å². The molecule has 0 spiro atoms. The van der Waals surface area contributed by atoms with Gasteiger partial charge in [-0.25, -0.2) is 4.98 Å². The van der Waals surface area contributed by atoms with Crippen LogP contribution in [0.4, 0.5) is 13.2 Å². The highest BCUT2D eigenvalue weighted by Gasteiger charge is 2.38. The molecule has 0 radical (unpaired) electrons. The van der Waals surface area contributed by atoms with Crippen molar-refractivity contribution in [2.75, 3.05) is 6.54 Å². The number of nitrogens with zero attached hydrogens (tertiary/aromatic N) is 2. The van der Waals surface area contributed by atoms with Crippen LogP contribution in [0.2, 0.25) is 0 Å². The highest BCUT2D eigenvalue weighted by molar-refractivity contribution is 5.81. The number of hydrogen-bond donors (Lipinski definition) is 2. The van der Waals surface area contributed by atoms with Crippen LogP contribution in [0.15, 0.2) is 24.3 Å². The minimum Gasteiger partial charge on any atom is -0.388 e. The van der Waals surface area contributed by atoms with Crippen molar-refractivity contribution in [3.05, 3.63) is 30.1 Å². The summed E-state index contributed by atoms with van der Waals surface area (Å²) in [5.74, 6) is -1.85. The first kappa shape index (κ1) is 18.3. The number of rotatable bonds is 5. The molecule has 5 nitrogen and oxygen atoms in total.